The molecule has 1 saturated heterocycles. The first-order valence-electron chi connectivity index (χ1n) is 6.78. The second-order valence-electron chi connectivity index (χ2n) is 5.17. The average molecular weight is 245 g/mol. The zero-order valence-corrected chi connectivity index (χ0v) is 11.0. The molecular weight excluding hydrogens is 226 g/mol. The summed E-state index contributed by atoms with van der Waals surface area (Å²) in [6.07, 6.45) is 3.31. The lowest BCUT2D eigenvalue weighted by molar-refractivity contribution is 0.0965. The third-order valence-corrected chi connectivity index (χ3v) is 4.05. The van der Waals surface area contributed by atoms with Gasteiger partial charge in [-0.2, -0.15) is 0 Å². The number of anilines is 1. The molecule has 0 bridgehead atoms. The summed E-state index contributed by atoms with van der Waals surface area (Å²) < 4.78 is 0. The molecule has 0 aliphatic carbocycles. The van der Waals surface area contributed by atoms with E-state index in [2.05, 4.69) is 24.1 Å². The van der Waals surface area contributed by atoms with Gasteiger partial charge in [-0.1, -0.05) is 6.92 Å². The molecule has 1 aromatic heterocycles. The van der Waals surface area contributed by atoms with Crippen LogP contribution in [-0.2, 0) is 13.0 Å². The van der Waals surface area contributed by atoms with E-state index in [1.807, 2.05) is 6.07 Å². The molecule has 3 rings (SSSR count). The lowest BCUT2D eigenvalue weighted by Crippen LogP contribution is -2.27. The van der Waals surface area contributed by atoms with Crippen molar-refractivity contribution in [3.63, 3.8) is 0 Å². The third kappa shape index (κ3) is 1.67. The minimum Gasteiger partial charge on any atom is -0.354 e. The Morgan fingerprint density at radius 2 is 2.39 bits per heavy atom. The fraction of sp³-hybridized carbons (Fsp3) is 0.571. The van der Waals surface area contributed by atoms with E-state index in [9.17, 15) is 4.79 Å². The zero-order valence-electron chi connectivity index (χ0n) is 11.0. The first kappa shape index (κ1) is 11.5. The number of amides is 1. The van der Waals surface area contributed by atoms with Gasteiger partial charge < -0.3 is 10.2 Å². The smallest absolute Gasteiger partial charge is 0.252 e. The van der Waals surface area contributed by atoms with Crippen molar-refractivity contribution in [2.75, 3.05) is 11.4 Å². The number of carbonyl (C=O) groups is 1. The van der Waals surface area contributed by atoms with Crippen LogP contribution in [0.15, 0.2) is 6.07 Å². The number of hydrogen-bond donors (Lipinski definition) is 1. The van der Waals surface area contributed by atoms with E-state index in [0.717, 1.165) is 35.6 Å². The monoisotopic (exact) mass is 245 g/mol. The number of hydrogen-bond acceptors (Lipinski definition) is 3. The molecule has 1 unspecified atom stereocenters. The second-order valence-corrected chi connectivity index (χ2v) is 5.17. The molecule has 0 spiro atoms. The van der Waals surface area contributed by atoms with Gasteiger partial charge in [0.2, 0.25) is 0 Å². The largest absolute Gasteiger partial charge is 0.354 e. The Hall–Kier alpha value is -1.58. The van der Waals surface area contributed by atoms with Crippen molar-refractivity contribution in [2.45, 2.75) is 45.7 Å². The highest BCUT2D eigenvalue weighted by Crippen LogP contribution is 2.28. The van der Waals surface area contributed by atoms with Crippen LogP contribution in [0.1, 0.15) is 48.3 Å². The van der Waals surface area contributed by atoms with Crippen LogP contribution in [0.4, 0.5) is 5.82 Å². The quantitative estimate of drug-likeness (QED) is 0.865. The minimum atomic E-state index is 0.0511. The predicted octanol–water partition coefficient (Wildman–Crippen LogP) is 1.88. The molecule has 3 heterocycles. The van der Waals surface area contributed by atoms with Gasteiger partial charge in [0.25, 0.3) is 5.91 Å². The Kier molecular flexibility index (Phi) is 2.73. The van der Waals surface area contributed by atoms with Crippen LogP contribution in [0.25, 0.3) is 0 Å². The van der Waals surface area contributed by atoms with Crippen LogP contribution < -0.4 is 10.2 Å². The summed E-state index contributed by atoms with van der Waals surface area (Å²) in [6, 6.07) is 2.50. The highest BCUT2D eigenvalue weighted by Gasteiger charge is 2.27. The third-order valence-electron chi connectivity index (χ3n) is 4.05. The van der Waals surface area contributed by atoms with Gasteiger partial charge >= 0.3 is 0 Å². The number of aromatic nitrogens is 1. The molecule has 0 radical (unpaired) electrons. The number of carbonyl (C=O) groups excluding carboxylic acids is 1. The van der Waals surface area contributed by atoms with Crippen LogP contribution in [0.5, 0.6) is 0 Å². The van der Waals surface area contributed by atoms with Gasteiger partial charge in [0.05, 0.1) is 0 Å². The van der Waals surface area contributed by atoms with Gasteiger partial charge in [-0.05, 0) is 32.3 Å². The van der Waals surface area contributed by atoms with Gasteiger partial charge in [-0.3, -0.25) is 4.79 Å². The van der Waals surface area contributed by atoms with E-state index >= 15 is 0 Å². The fourth-order valence-electron chi connectivity index (χ4n) is 2.99. The highest BCUT2D eigenvalue weighted by atomic mass is 16.1. The summed E-state index contributed by atoms with van der Waals surface area (Å²) in [6.45, 7) is 6.02. The van der Waals surface area contributed by atoms with Crippen LogP contribution in [0.3, 0.4) is 0 Å². The normalized spacial score (nSPS) is 22.2. The molecule has 1 atom stereocenters. The van der Waals surface area contributed by atoms with Gasteiger partial charge in [0.1, 0.15) is 5.82 Å². The van der Waals surface area contributed by atoms with Crippen LogP contribution in [0, 0.1) is 0 Å². The van der Waals surface area contributed by atoms with Crippen molar-refractivity contribution in [2.24, 2.45) is 0 Å². The minimum absolute atomic E-state index is 0.0511. The number of nitrogens with one attached hydrogen (secondary N) is 1. The number of rotatable bonds is 2. The maximum atomic E-state index is 11.8. The van der Waals surface area contributed by atoms with Gasteiger partial charge in [-0.15, -0.1) is 0 Å². The van der Waals surface area contributed by atoms with E-state index in [1.54, 1.807) is 0 Å². The van der Waals surface area contributed by atoms with E-state index in [4.69, 9.17) is 4.98 Å². The summed E-state index contributed by atoms with van der Waals surface area (Å²) in [7, 11) is 0. The molecule has 1 aromatic rings. The Balaban J connectivity index is 2.06. The maximum Gasteiger partial charge on any atom is 0.252 e. The molecule has 0 aromatic carbocycles. The van der Waals surface area contributed by atoms with Crippen molar-refractivity contribution >= 4 is 11.7 Å². The molecule has 4 heteroatoms. The lowest BCUT2D eigenvalue weighted by Gasteiger charge is -2.23. The standard InChI is InChI=1S/C14H19N3O/c1-3-12-11-8-15-14(18)10(11)7-13(16-12)17-6-4-5-9(17)2/h7,9H,3-6,8H2,1-2H3,(H,15,18). The number of pyridine rings is 1. The molecular formula is C14H19N3O. The number of fused-ring (bicyclic) bond motifs is 1. The lowest BCUT2D eigenvalue weighted by atomic mass is 10.1. The predicted molar refractivity (Wildman–Crippen MR) is 70.8 cm³/mol. The first-order valence-corrected chi connectivity index (χ1v) is 6.78. The molecule has 96 valence electrons. The van der Waals surface area contributed by atoms with Crippen LogP contribution in [-0.4, -0.2) is 23.5 Å². The number of aryl methyl sites for hydroxylation is 1. The summed E-state index contributed by atoms with van der Waals surface area (Å²) in [4.78, 5) is 18.9. The molecule has 4 nitrogen and oxygen atoms in total. The summed E-state index contributed by atoms with van der Waals surface area (Å²) >= 11 is 0. The Morgan fingerprint density at radius 1 is 1.56 bits per heavy atom. The highest BCUT2D eigenvalue weighted by molar-refractivity contribution is 5.99. The van der Waals surface area contributed by atoms with Crippen LogP contribution in [0.2, 0.25) is 0 Å². The molecule has 2 aliphatic heterocycles. The summed E-state index contributed by atoms with van der Waals surface area (Å²) in [5.41, 5.74) is 2.99. The van der Waals surface area contributed by atoms with Crippen molar-refractivity contribution < 1.29 is 4.79 Å². The molecule has 1 fully saturated rings. The zero-order chi connectivity index (χ0) is 12.7. The SMILES string of the molecule is CCc1nc(N2CCCC2C)cc2c1CNC2=O. The molecule has 1 N–H and O–H groups in total. The van der Waals surface area contributed by atoms with Crippen molar-refractivity contribution in [3.05, 3.63) is 22.9 Å². The topological polar surface area (TPSA) is 45.2 Å². The van der Waals surface area contributed by atoms with Crippen LogP contribution >= 0.6 is 0 Å². The van der Waals surface area contributed by atoms with Gasteiger partial charge in [0.15, 0.2) is 0 Å². The summed E-state index contributed by atoms with van der Waals surface area (Å²) in [5, 5.41) is 2.89. The Labute approximate surface area is 107 Å². The molecule has 0 saturated carbocycles. The fourth-order valence-corrected chi connectivity index (χ4v) is 2.99. The van der Waals surface area contributed by atoms with E-state index in [0.29, 0.717) is 12.6 Å². The van der Waals surface area contributed by atoms with Crippen molar-refractivity contribution in [1.82, 2.24) is 10.3 Å². The summed E-state index contributed by atoms with van der Waals surface area (Å²) in [5.74, 6) is 1.03. The second kappa shape index (κ2) is 4.26. The van der Waals surface area contributed by atoms with E-state index in [1.165, 1.54) is 12.8 Å². The molecule has 18 heavy (non-hydrogen) atoms. The van der Waals surface area contributed by atoms with Crippen molar-refractivity contribution in [3.8, 4) is 0 Å². The molecule has 1 amide bonds. The Morgan fingerprint density at radius 3 is 3.06 bits per heavy atom. The number of nitrogens with zero attached hydrogens (tertiary/aromatic N) is 2. The van der Waals surface area contributed by atoms with Gasteiger partial charge in [0, 0.05) is 36.0 Å². The maximum absolute atomic E-state index is 11.8. The Bertz CT molecular complexity index is 498. The van der Waals surface area contributed by atoms with E-state index in [-0.39, 0.29) is 5.91 Å². The van der Waals surface area contributed by atoms with Crippen molar-refractivity contribution in [1.29, 1.82) is 0 Å². The van der Waals surface area contributed by atoms with Gasteiger partial charge in [-0.25, -0.2) is 4.98 Å². The van der Waals surface area contributed by atoms with E-state index < -0.39 is 0 Å². The average Bonchev–Trinajstić information content (AvgIpc) is 2.95. The molecule has 2 aliphatic rings. The first-order chi connectivity index (χ1) is 8.70.